The Morgan fingerprint density at radius 3 is 2.00 bits per heavy atom. The Morgan fingerprint density at radius 1 is 1.20 bits per heavy atom. The van der Waals surface area contributed by atoms with Crippen molar-refractivity contribution in [2.45, 2.75) is 13.2 Å². The van der Waals surface area contributed by atoms with E-state index in [4.69, 9.17) is 9.47 Å². The van der Waals surface area contributed by atoms with Crippen molar-refractivity contribution >= 4 is 22.2 Å². The minimum atomic E-state index is 0.471. The van der Waals surface area contributed by atoms with Crippen molar-refractivity contribution in [3.05, 3.63) is 33.3 Å². The standard InChI is InChI=1S/C11H13BrO3/c1-14-6-9-3-8(5-13)4-10(7-15-2)11(9)12/h3-5H,6-7H2,1-2H3. The molecule has 15 heavy (non-hydrogen) atoms. The summed E-state index contributed by atoms with van der Waals surface area (Å²) in [6.07, 6.45) is 0.824. The van der Waals surface area contributed by atoms with E-state index in [2.05, 4.69) is 15.9 Å². The fourth-order valence-electron chi connectivity index (χ4n) is 1.37. The molecule has 0 aliphatic carbocycles. The Bertz CT molecular complexity index is 323. The molecule has 4 heteroatoms. The lowest BCUT2D eigenvalue weighted by Gasteiger charge is -2.10. The first-order valence-electron chi connectivity index (χ1n) is 4.47. The van der Waals surface area contributed by atoms with E-state index in [0.717, 1.165) is 21.9 Å². The highest BCUT2D eigenvalue weighted by atomic mass is 79.9. The molecular formula is C11H13BrO3. The average Bonchev–Trinajstić information content (AvgIpc) is 2.24. The lowest BCUT2D eigenvalue weighted by Crippen LogP contribution is -1.98. The second kappa shape index (κ2) is 6.00. The Labute approximate surface area is 97.5 Å². The van der Waals surface area contributed by atoms with Gasteiger partial charge in [0.15, 0.2) is 0 Å². The van der Waals surface area contributed by atoms with Crippen LogP contribution in [0, 0.1) is 0 Å². The summed E-state index contributed by atoms with van der Waals surface area (Å²) >= 11 is 3.47. The molecule has 0 aliphatic rings. The summed E-state index contributed by atoms with van der Waals surface area (Å²) in [6.45, 7) is 0.942. The molecule has 1 aromatic rings. The predicted octanol–water partition coefficient (Wildman–Crippen LogP) is 2.55. The van der Waals surface area contributed by atoms with Crippen molar-refractivity contribution in [2.24, 2.45) is 0 Å². The maximum atomic E-state index is 10.7. The smallest absolute Gasteiger partial charge is 0.150 e. The molecule has 0 aromatic heterocycles. The molecule has 0 saturated carbocycles. The normalized spacial score (nSPS) is 10.3. The summed E-state index contributed by atoms with van der Waals surface area (Å²) in [5, 5.41) is 0. The lowest BCUT2D eigenvalue weighted by molar-refractivity contribution is 0.112. The molecule has 82 valence electrons. The zero-order chi connectivity index (χ0) is 11.3. The van der Waals surface area contributed by atoms with E-state index in [1.807, 2.05) is 0 Å². The number of aldehydes is 1. The van der Waals surface area contributed by atoms with Gasteiger partial charge >= 0.3 is 0 Å². The van der Waals surface area contributed by atoms with Crippen LogP contribution in [0.3, 0.4) is 0 Å². The Morgan fingerprint density at radius 2 is 1.67 bits per heavy atom. The zero-order valence-corrected chi connectivity index (χ0v) is 10.3. The maximum absolute atomic E-state index is 10.7. The monoisotopic (exact) mass is 272 g/mol. The third kappa shape index (κ3) is 3.12. The van der Waals surface area contributed by atoms with Gasteiger partial charge in [-0.1, -0.05) is 15.9 Å². The van der Waals surface area contributed by atoms with Gasteiger partial charge in [-0.15, -0.1) is 0 Å². The van der Waals surface area contributed by atoms with Gasteiger partial charge in [0.25, 0.3) is 0 Å². The molecule has 0 saturated heterocycles. The fourth-order valence-corrected chi connectivity index (χ4v) is 1.82. The number of halogens is 1. The molecule has 0 spiro atoms. The number of hydrogen-bond acceptors (Lipinski definition) is 3. The predicted molar refractivity (Wildman–Crippen MR) is 61.0 cm³/mol. The van der Waals surface area contributed by atoms with Gasteiger partial charge in [0.2, 0.25) is 0 Å². The van der Waals surface area contributed by atoms with Crippen molar-refractivity contribution in [3.63, 3.8) is 0 Å². The number of methoxy groups -OCH3 is 2. The third-order valence-corrected chi connectivity index (χ3v) is 3.00. The van der Waals surface area contributed by atoms with Crippen LogP contribution in [-0.4, -0.2) is 20.5 Å². The van der Waals surface area contributed by atoms with Gasteiger partial charge in [-0.3, -0.25) is 4.79 Å². The van der Waals surface area contributed by atoms with Crippen LogP contribution < -0.4 is 0 Å². The molecule has 0 fully saturated rings. The van der Waals surface area contributed by atoms with Gasteiger partial charge in [0, 0.05) is 24.3 Å². The van der Waals surface area contributed by atoms with E-state index in [1.54, 1.807) is 26.4 Å². The first-order valence-corrected chi connectivity index (χ1v) is 5.26. The van der Waals surface area contributed by atoms with Crippen molar-refractivity contribution in [1.82, 2.24) is 0 Å². The topological polar surface area (TPSA) is 35.5 Å². The van der Waals surface area contributed by atoms with Crippen molar-refractivity contribution in [1.29, 1.82) is 0 Å². The SMILES string of the molecule is COCc1cc(C=O)cc(COC)c1Br. The highest BCUT2D eigenvalue weighted by Gasteiger charge is 2.08. The minimum absolute atomic E-state index is 0.471. The molecule has 0 atom stereocenters. The molecule has 0 heterocycles. The Hall–Kier alpha value is -0.710. The van der Waals surface area contributed by atoms with Crippen LogP contribution in [0.15, 0.2) is 16.6 Å². The van der Waals surface area contributed by atoms with Crippen LogP contribution in [0.5, 0.6) is 0 Å². The quantitative estimate of drug-likeness (QED) is 0.773. The van der Waals surface area contributed by atoms with Gasteiger partial charge in [-0.25, -0.2) is 0 Å². The summed E-state index contributed by atoms with van der Waals surface area (Å²) in [5.41, 5.74) is 2.54. The summed E-state index contributed by atoms with van der Waals surface area (Å²) in [5.74, 6) is 0. The summed E-state index contributed by atoms with van der Waals surface area (Å²) in [7, 11) is 3.24. The van der Waals surface area contributed by atoms with E-state index in [0.29, 0.717) is 18.8 Å². The molecule has 3 nitrogen and oxygen atoms in total. The molecule has 0 bridgehead atoms. The van der Waals surface area contributed by atoms with Crippen molar-refractivity contribution in [2.75, 3.05) is 14.2 Å². The van der Waals surface area contributed by atoms with Crippen LogP contribution >= 0.6 is 15.9 Å². The minimum Gasteiger partial charge on any atom is -0.380 e. The van der Waals surface area contributed by atoms with E-state index in [1.165, 1.54) is 0 Å². The Balaban J connectivity index is 3.14. The number of carbonyl (C=O) groups excluding carboxylic acids is 1. The number of carbonyl (C=O) groups is 1. The van der Waals surface area contributed by atoms with E-state index in [9.17, 15) is 4.79 Å². The van der Waals surface area contributed by atoms with Gasteiger partial charge in [-0.05, 0) is 23.3 Å². The second-order valence-corrected chi connectivity index (χ2v) is 3.93. The average molecular weight is 273 g/mol. The van der Waals surface area contributed by atoms with E-state index in [-0.39, 0.29) is 0 Å². The first kappa shape index (κ1) is 12.4. The van der Waals surface area contributed by atoms with Gasteiger partial charge in [0.1, 0.15) is 6.29 Å². The maximum Gasteiger partial charge on any atom is 0.150 e. The summed E-state index contributed by atoms with van der Waals surface area (Å²) in [4.78, 5) is 10.7. The van der Waals surface area contributed by atoms with E-state index < -0.39 is 0 Å². The molecular weight excluding hydrogens is 260 g/mol. The molecule has 0 N–H and O–H groups in total. The van der Waals surface area contributed by atoms with Crippen molar-refractivity contribution < 1.29 is 14.3 Å². The number of benzene rings is 1. The lowest BCUT2D eigenvalue weighted by atomic mass is 10.1. The zero-order valence-electron chi connectivity index (χ0n) is 8.75. The fraction of sp³-hybridized carbons (Fsp3) is 0.364. The Kier molecular flexibility index (Phi) is 4.94. The molecule has 1 aromatic carbocycles. The van der Waals surface area contributed by atoms with Crippen LogP contribution in [0.4, 0.5) is 0 Å². The molecule has 1 rings (SSSR count). The summed E-state index contributed by atoms with van der Waals surface area (Å²) in [6, 6.07) is 3.61. The van der Waals surface area contributed by atoms with Crippen molar-refractivity contribution in [3.8, 4) is 0 Å². The first-order chi connectivity index (χ1) is 7.22. The van der Waals surface area contributed by atoms with Gasteiger partial charge in [0.05, 0.1) is 13.2 Å². The van der Waals surface area contributed by atoms with Gasteiger partial charge in [-0.2, -0.15) is 0 Å². The highest BCUT2D eigenvalue weighted by molar-refractivity contribution is 9.10. The molecule has 0 radical (unpaired) electrons. The van der Waals surface area contributed by atoms with Crippen LogP contribution in [0.1, 0.15) is 21.5 Å². The molecule has 0 aliphatic heterocycles. The largest absolute Gasteiger partial charge is 0.380 e. The number of hydrogen-bond donors (Lipinski definition) is 0. The third-order valence-electron chi connectivity index (χ3n) is 1.98. The summed E-state index contributed by atoms with van der Waals surface area (Å²) < 4.78 is 11.1. The molecule has 0 unspecified atom stereocenters. The van der Waals surface area contributed by atoms with Crippen LogP contribution in [-0.2, 0) is 22.7 Å². The number of rotatable bonds is 5. The highest BCUT2D eigenvalue weighted by Crippen LogP contribution is 2.24. The van der Waals surface area contributed by atoms with Crippen LogP contribution in [0.2, 0.25) is 0 Å². The molecule has 0 amide bonds. The van der Waals surface area contributed by atoms with Crippen LogP contribution in [0.25, 0.3) is 0 Å². The van der Waals surface area contributed by atoms with Gasteiger partial charge < -0.3 is 9.47 Å². The number of ether oxygens (including phenoxy) is 2. The second-order valence-electron chi connectivity index (χ2n) is 3.14. The van der Waals surface area contributed by atoms with E-state index >= 15 is 0 Å².